The number of rotatable bonds is 2. The molecule has 1 saturated heterocycles. The van der Waals surface area contributed by atoms with Crippen molar-refractivity contribution in [3.63, 3.8) is 0 Å². The van der Waals surface area contributed by atoms with Gasteiger partial charge in [-0.05, 0) is 49.2 Å². The number of hydrogen-bond donors (Lipinski definition) is 1. The first-order valence-corrected chi connectivity index (χ1v) is 8.73. The summed E-state index contributed by atoms with van der Waals surface area (Å²) in [5.74, 6) is 0.260. The predicted octanol–water partition coefficient (Wildman–Crippen LogP) is 3.48. The van der Waals surface area contributed by atoms with E-state index in [1.54, 1.807) is 16.8 Å². The third-order valence-electron chi connectivity index (χ3n) is 5.01. The van der Waals surface area contributed by atoms with Crippen molar-refractivity contribution >= 4 is 28.3 Å². The minimum Gasteiger partial charge on any atom is -0.384 e. The maximum atomic E-state index is 14.3. The van der Waals surface area contributed by atoms with Gasteiger partial charge in [-0.15, -0.1) is 5.10 Å². The third-order valence-corrected chi connectivity index (χ3v) is 5.01. The van der Waals surface area contributed by atoms with Gasteiger partial charge in [0.05, 0.1) is 11.4 Å². The van der Waals surface area contributed by atoms with E-state index in [2.05, 4.69) is 10.1 Å². The van der Waals surface area contributed by atoms with Crippen LogP contribution in [-0.2, 0) is 0 Å². The number of nitrogens with zero attached hydrogens (tertiary/aromatic N) is 5. The molecule has 0 bridgehead atoms. The van der Waals surface area contributed by atoms with E-state index >= 15 is 0 Å². The molecular weight excluding hydrogens is 350 g/mol. The van der Waals surface area contributed by atoms with Crippen LogP contribution in [0.15, 0.2) is 42.6 Å². The molecule has 0 unspecified atom stereocenters. The number of aromatic nitrogens is 4. The van der Waals surface area contributed by atoms with E-state index in [1.165, 1.54) is 12.1 Å². The Kier molecular flexibility index (Phi) is 3.46. The summed E-state index contributed by atoms with van der Waals surface area (Å²) in [5.41, 5.74) is 7.27. The smallest absolute Gasteiger partial charge is 0.185 e. The fraction of sp³-hybridized carbons (Fsp3) is 0.211. The zero-order valence-electron chi connectivity index (χ0n) is 14.3. The largest absolute Gasteiger partial charge is 0.384 e. The first-order chi connectivity index (χ1) is 13.1. The topological polar surface area (TPSA) is 72.3 Å². The van der Waals surface area contributed by atoms with Gasteiger partial charge in [-0.3, -0.25) is 0 Å². The van der Waals surface area contributed by atoms with Gasteiger partial charge in [-0.2, -0.15) is 0 Å². The van der Waals surface area contributed by atoms with Gasteiger partial charge in [0, 0.05) is 18.3 Å². The van der Waals surface area contributed by atoms with Crippen LogP contribution in [0.3, 0.4) is 0 Å². The van der Waals surface area contributed by atoms with Crippen molar-refractivity contribution in [1.29, 1.82) is 0 Å². The molecule has 3 aromatic heterocycles. The summed E-state index contributed by atoms with van der Waals surface area (Å²) in [4.78, 5) is 11.0. The van der Waals surface area contributed by atoms with E-state index in [1.807, 2.05) is 17.0 Å². The molecular formula is C19H16F2N6. The molecule has 4 heterocycles. The lowest BCUT2D eigenvalue weighted by molar-refractivity contribution is 0.560. The summed E-state index contributed by atoms with van der Waals surface area (Å²) in [6.45, 7) is 0.723. The van der Waals surface area contributed by atoms with Crippen LogP contribution in [-0.4, -0.2) is 26.1 Å². The van der Waals surface area contributed by atoms with Gasteiger partial charge in [0.15, 0.2) is 11.3 Å². The Balaban J connectivity index is 1.61. The second-order valence-corrected chi connectivity index (χ2v) is 6.68. The van der Waals surface area contributed by atoms with Gasteiger partial charge < -0.3 is 10.6 Å². The fourth-order valence-electron chi connectivity index (χ4n) is 3.78. The molecule has 1 aliphatic heterocycles. The molecule has 1 atom stereocenters. The molecule has 0 amide bonds. The summed E-state index contributed by atoms with van der Waals surface area (Å²) >= 11 is 0. The molecule has 1 fully saturated rings. The number of fused-ring (bicyclic) bond motifs is 3. The molecule has 1 aromatic carbocycles. The minimum absolute atomic E-state index is 0.251. The fourth-order valence-corrected chi connectivity index (χ4v) is 3.78. The summed E-state index contributed by atoms with van der Waals surface area (Å²) in [7, 11) is 0. The molecule has 27 heavy (non-hydrogen) atoms. The number of anilines is 2. The normalized spacial score (nSPS) is 17.3. The van der Waals surface area contributed by atoms with Crippen molar-refractivity contribution in [1.82, 2.24) is 19.6 Å². The number of halogens is 2. The Morgan fingerprint density at radius 2 is 1.96 bits per heavy atom. The molecule has 6 nitrogen and oxygen atoms in total. The highest BCUT2D eigenvalue weighted by Gasteiger charge is 2.30. The quantitative estimate of drug-likeness (QED) is 0.588. The lowest BCUT2D eigenvalue weighted by atomic mass is 10.0. The van der Waals surface area contributed by atoms with Gasteiger partial charge in [-0.25, -0.2) is 23.3 Å². The molecule has 0 radical (unpaired) electrons. The van der Waals surface area contributed by atoms with Crippen molar-refractivity contribution in [3.8, 4) is 0 Å². The molecule has 136 valence electrons. The molecule has 0 spiro atoms. The van der Waals surface area contributed by atoms with Crippen LogP contribution < -0.4 is 10.6 Å². The molecule has 4 aromatic rings. The first-order valence-electron chi connectivity index (χ1n) is 8.73. The number of hydrogen-bond acceptors (Lipinski definition) is 5. The Hall–Kier alpha value is -3.29. The van der Waals surface area contributed by atoms with Crippen LogP contribution in [0.1, 0.15) is 24.4 Å². The molecule has 5 rings (SSSR count). The number of nitrogen functional groups attached to an aromatic ring is 1. The monoisotopic (exact) mass is 366 g/mol. The van der Waals surface area contributed by atoms with Crippen LogP contribution in [0.25, 0.3) is 16.7 Å². The van der Waals surface area contributed by atoms with Gasteiger partial charge in [-0.1, -0.05) is 0 Å². The number of benzene rings is 1. The highest BCUT2D eigenvalue weighted by atomic mass is 19.1. The highest BCUT2D eigenvalue weighted by Crippen LogP contribution is 2.37. The van der Waals surface area contributed by atoms with Gasteiger partial charge in [0.2, 0.25) is 0 Å². The summed E-state index contributed by atoms with van der Waals surface area (Å²) in [6.07, 6.45) is 3.42. The van der Waals surface area contributed by atoms with Gasteiger partial charge in [0.25, 0.3) is 0 Å². The van der Waals surface area contributed by atoms with Gasteiger partial charge >= 0.3 is 0 Å². The highest BCUT2D eigenvalue weighted by molar-refractivity contribution is 5.90. The molecule has 0 saturated carbocycles. The Morgan fingerprint density at radius 3 is 2.85 bits per heavy atom. The van der Waals surface area contributed by atoms with E-state index in [0.717, 1.165) is 30.8 Å². The standard InChI is InChI=1S/C19H16F2N6/c20-11-3-5-14(21)13(10-11)15-2-1-8-26(15)17-7-9-27-19(24-17)12-4-6-16(22)23-18(12)25-27/h3-7,9-10,15H,1-2,8H2,(H2,22,23,25)/t15-/m1/s1. The van der Waals surface area contributed by atoms with Crippen molar-refractivity contribution < 1.29 is 8.78 Å². The first kappa shape index (κ1) is 15.9. The molecule has 0 aliphatic carbocycles. The predicted molar refractivity (Wildman–Crippen MR) is 98.4 cm³/mol. The van der Waals surface area contributed by atoms with Crippen LogP contribution in [0.2, 0.25) is 0 Å². The maximum absolute atomic E-state index is 14.3. The average Bonchev–Trinajstić information content (AvgIpc) is 3.27. The van der Waals surface area contributed by atoms with Crippen LogP contribution in [0, 0.1) is 11.6 Å². The lowest BCUT2D eigenvalue weighted by Gasteiger charge is -2.26. The van der Waals surface area contributed by atoms with Gasteiger partial charge in [0.1, 0.15) is 23.3 Å². The maximum Gasteiger partial charge on any atom is 0.185 e. The zero-order valence-corrected chi connectivity index (χ0v) is 14.3. The van der Waals surface area contributed by atoms with E-state index in [9.17, 15) is 8.78 Å². The third kappa shape index (κ3) is 2.56. The van der Waals surface area contributed by atoms with Crippen molar-refractivity contribution in [3.05, 3.63) is 59.8 Å². The molecule has 1 aliphatic rings. The SMILES string of the molecule is Nc1ccc2c(n1)nn1ccc(N3CCC[C@@H]3c3cc(F)ccc3F)nc21. The van der Waals surface area contributed by atoms with E-state index in [4.69, 9.17) is 10.7 Å². The second-order valence-electron chi connectivity index (χ2n) is 6.68. The second kappa shape index (κ2) is 5.87. The number of pyridine rings is 1. The van der Waals surface area contributed by atoms with Crippen LogP contribution in [0.4, 0.5) is 20.4 Å². The summed E-state index contributed by atoms with van der Waals surface area (Å²) in [6, 6.07) is 8.72. The Bertz CT molecular complexity index is 1170. The summed E-state index contributed by atoms with van der Waals surface area (Å²) in [5, 5.41) is 5.17. The van der Waals surface area contributed by atoms with Crippen LogP contribution >= 0.6 is 0 Å². The van der Waals surface area contributed by atoms with Crippen molar-refractivity contribution in [2.75, 3.05) is 17.2 Å². The average molecular weight is 366 g/mol. The van der Waals surface area contributed by atoms with Crippen molar-refractivity contribution in [2.24, 2.45) is 0 Å². The lowest BCUT2D eigenvalue weighted by Crippen LogP contribution is -2.24. The number of nitrogens with two attached hydrogens (primary N) is 1. The Morgan fingerprint density at radius 1 is 1.07 bits per heavy atom. The molecule has 2 N–H and O–H groups in total. The van der Waals surface area contributed by atoms with E-state index in [-0.39, 0.29) is 6.04 Å². The summed E-state index contributed by atoms with van der Waals surface area (Å²) < 4.78 is 29.6. The molecule has 8 heteroatoms. The van der Waals surface area contributed by atoms with Crippen LogP contribution in [0.5, 0.6) is 0 Å². The van der Waals surface area contributed by atoms with Crippen molar-refractivity contribution in [2.45, 2.75) is 18.9 Å². The zero-order chi connectivity index (χ0) is 18.5. The Labute approximate surface area is 153 Å². The van der Waals surface area contributed by atoms with E-state index in [0.29, 0.717) is 28.5 Å². The van der Waals surface area contributed by atoms with E-state index < -0.39 is 11.6 Å². The minimum atomic E-state index is -0.438.